The predicted molar refractivity (Wildman–Crippen MR) is 60.3 cm³/mol. The van der Waals surface area contributed by atoms with Gasteiger partial charge in [0, 0.05) is 6.42 Å². The molecule has 0 radical (unpaired) electrons. The van der Waals surface area contributed by atoms with Gasteiger partial charge in [-0.1, -0.05) is 13.8 Å². The van der Waals surface area contributed by atoms with Gasteiger partial charge in [-0.05, 0) is 12.3 Å². The molecule has 0 rings (SSSR count). The van der Waals surface area contributed by atoms with E-state index in [0.717, 1.165) is 0 Å². The topological polar surface area (TPSA) is 92.7 Å². The van der Waals surface area contributed by atoms with E-state index >= 15 is 0 Å². The standard InChI is InChI=1S/C11H19NO5/c1-7(2)6-8(11(16)17-3)12-9(13)4-5-10(14)15/h7-8H,4-6H2,1-3H3,(H,12,13)(H,14,15)/t8-/m0/s1. The number of carbonyl (C=O) groups is 3. The zero-order chi connectivity index (χ0) is 13.4. The van der Waals surface area contributed by atoms with Gasteiger partial charge in [-0.25, -0.2) is 4.79 Å². The van der Waals surface area contributed by atoms with Crippen molar-refractivity contribution in [3.63, 3.8) is 0 Å². The Morgan fingerprint density at radius 3 is 2.24 bits per heavy atom. The Morgan fingerprint density at radius 1 is 1.24 bits per heavy atom. The molecule has 0 saturated heterocycles. The average Bonchev–Trinajstić information content (AvgIpc) is 2.23. The molecule has 0 aliphatic rings. The van der Waals surface area contributed by atoms with Crippen LogP contribution in [0.3, 0.4) is 0 Å². The lowest BCUT2D eigenvalue weighted by Crippen LogP contribution is -2.42. The second-order valence-electron chi connectivity index (χ2n) is 4.17. The average molecular weight is 245 g/mol. The second-order valence-corrected chi connectivity index (χ2v) is 4.17. The van der Waals surface area contributed by atoms with Gasteiger partial charge in [-0.15, -0.1) is 0 Å². The number of ether oxygens (including phenoxy) is 1. The number of hydrogen-bond acceptors (Lipinski definition) is 4. The first-order chi connectivity index (χ1) is 7.86. The molecule has 0 spiro atoms. The van der Waals surface area contributed by atoms with Crippen molar-refractivity contribution < 1.29 is 24.2 Å². The summed E-state index contributed by atoms with van der Waals surface area (Å²) in [5, 5.41) is 10.9. The summed E-state index contributed by atoms with van der Waals surface area (Å²) in [4.78, 5) is 33.0. The van der Waals surface area contributed by atoms with Crippen LogP contribution in [0.25, 0.3) is 0 Å². The second kappa shape index (κ2) is 7.65. The summed E-state index contributed by atoms with van der Waals surface area (Å²) in [5.41, 5.74) is 0. The summed E-state index contributed by atoms with van der Waals surface area (Å²) in [7, 11) is 1.25. The number of carboxylic acids is 1. The summed E-state index contributed by atoms with van der Waals surface area (Å²) < 4.78 is 4.57. The minimum absolute atomic E-state index is 0.138. The number of amides is 1. The number of methoxy groups -OCH3 is 1. The zero-order valence-corrected chi connectivity index (χ0v) is 10.4. The highest BCUT2D eigenvalue weighted by molar-refractivity contribution is 5.86. The molecule has 98 valence electrons. The molecule has 2 N–H and O–H groups in total. The van der Waals surface area contributed by atoms with Crippen LogP contribution in [0.1, 0.15) is 33.1 Å². The van der Waals surface area contributed by atoms with Crippen LogP contribution < -0.4 is 5.32 Å². The monoisotopic (exact) mass is 245 g/mol. The lowest BCUT2D eigenvalue weighted by Gasteiger charge is -2.18. The first-order valence-corrected chi connectivity index (χ1v) is 5.45. The largest absolute Gasteiger partial charge is 0.481 e. The molecule has 0 heterocycles. The van der Waals surface area contributed by atoms with Crippen LogP contribution in [0.2, 0.25) is 0 Å². The molecule has 1 atom stereocenters. The van der Waals surface area contributed by atoms with Gasteiger partial charge in [0.15, 0.2) is 0 Å². The highest BCUT2D eigenvalue weighted by Crippen LogP contribution is 2.06. The molecule has 0 fully saturated rings. The first-order valence-electron chi connectivity index (χ1n) is 5.45. The lowest BCUT2D eigenvalue weighted by molar-refractivity contribution is -0.145. The normalized spacial score (nSPS) is 12.0. The van der Waals surface area contributed by atoms with Crippen molar-refractivity contribution in [1.82, 2.24) is 5.32 Å². The van der Waals surface area contributed by atoms with Gasteiger partial charge in [0.2, 0.25) is 5.91 Å². The van der Waals surface area contributed by atoms with Crippen molar-refractivity contribution in [2.75, 3.05) is 7.11 Å². The molecule has 1 amide bonds. The highest BCUT2D eigenvalue weighted by atomic mass is 16.5. The summed E-state index contributed by atoms with van der Waals surface area (Å²) in [6, 6.07) is -0.707. The van der Waals surface area contributed by atoms with Crippen molar-refractivity contribution in [1.29, 1.82) is 0 Å². The van der Waals surface area contributed by atoms with Gasteiger partial charge in [0.05, 0.1) is 13.5 Å². The maximum absolute atomic E-state index is 11.4. The van der Waals surface area contributed by atoms with Crippen LogP contribution in [0.15, 0.2) is 0 Å². The quantitative estimate of drug-likeness (QED) is 0.639. The van der Waals surface area contributed by atoms with Crippen molar-refractivity contribution in [3.05, 3.63) is 0 Å². The van der Waals surface area contributed by atoms with E-state index in [1.807, 2.05) is 13.8 Å². The molecule has 0 aliphatic carbocycles. The Balaban J connectivity index is 4.27. The smallest absolute Gasteiger partial charge is 0.328 e. The van der Waals surface area contributed by atoms with Crippen molar-refractivity contribution >= 4 is 17.8 Å². The fourth-order valence-corrected chi connectivity index (χ4v) is 1.31. The SMILES string of the molecule is COC(=O)[C@H](CC(C)C)NC(=O)CCC(=O)O. The van der Waals surface area contributed by atoms with E-state index in [1.165, 1.54) is 7.11 Å². The molecule has 6 nitrogen and oxygen atoms in total. The van der Waals surface area contributed by atoms with Crippen LogP contribution in [0.4, 0.5) is 0 Å². The van der Waals surface area contributed by atoms with Gasteiger partial charge in [-0.3, -0.25) is 9.59 Å². The van der Waals surface area contributed by atoms with Crippen LogP contribution in [0, 0.1) is 5.92 Å². The van der Waals surface area contributed by atoms with E-state index in [1.54, 1.807) is 0 Å². The summed E-state index contributed by atoms with van der Waals surface area (Å²) in [5.74, 6) is -1.79. The molecule has 17 heavy (non-hydrogen) atoms. The lowest BCUT2D eigenvalue weighted by atomic mass is 10.0. The van der Waals surface area contributed by atoms with Crippen molar-refractivity contribution in [2.24, 2.45) is 5.92 Å². The number of rotatable bonds is 7. The number of carbonyl (C=O) groups excluding carboxylic acids is 2. The molecule has 0 saturated carbocycles. The van der Waals surface area contributed by atoms with Crippen LogP contribution in [-0.2, 0) is 19.1 Å². The molecule has 0 aromatic carbocycles. The number of hydrogen-bond donors (Lipinski definition) is 2. The van der Waals surface area contributed by atoms with E-state index < -0.39 is 23.9 Å². The van der Waals surface area contributed by atoms with Crippen molar-refractivity contribution in [3.8, 4) is 0 Å². The maximum Gasteiger partial charge on any atom is 0.328 e. The Labute approximate surface area is 100 Å². The maximum atomic E-state index is 11.4. The fourth-order valence-electron chi connectivity index (χ4n) is 1.31. The predicted octanol–water partition coefficient (Wildman–Crippen LogP) is 0.555. The van der Waals surface area contributed by atoms with Crippen LogP contribution >= 0.6 is 0 Å². The third-order valence-corrected chi connectivity index (χ3v) is 2.09. The Morgan fingerprint density at radius 2 is 1.82 bits per heavy atom. The first kappa shape index (κ1) is 15.4. The fraction of sp³-hybridized carbons (Fsp3) is 0.727. The highest BCUT2D eigenvalue weighted by Gasteiger charge is 2.22. The molecular weight excluding hydrogens is 226 g/mol. The third kappa shape index (κ3) is 7.32. The van der Waals surface area contributed by atoms with Gasteiger partial charge in [-0.2, -0.15) is 0 Å². The van der Waals surface area contributed by atoms with Crippen LogP contribution in [0.5, 0.6) is 0 Å². The number of nitrogens with one attached hydrogen (secondary N) is 1. The van der Waals surface area contributed by atoms with E-state index in [0.29, 0.717) is 6.42 Å². The third-order valence-electron chi connectivity index (χ3n) is 2.09. The summed E-state index contributed by atoms with van der Waals surface area (Å²) in [6.07, 6.45) is 0.0772. The summed E-state index contributed by atoms with van der Waals surface area (Å²) in [6.45, 7) is 3.83. The molecule has 0 aromatic rings. The van der Waals surface area contributed by atoms with E-state index in [4.69, 9.17) is 5.11 Å². The van der Waals surface area contributed by atoms with Gasteiger partial charge in [0.1, 0.15) is 6.04 Å². The Kier molecular flexibility index (Phi) is 6.93. The minimum atomic E-state index is -1.04. The van der Waals surface area contributed by atoms with E-state index in [9.17, 15) is 14.4 Å². The van der Waals surface area contributed by atoms with Gasteiger partial charge >= 0.3 is 11.9 Å². The molecule has 0 aliphatic heterocycles. The Bertz CT molecular complexity index is 288. The number of esters is 1. The van der Waals surface area contributed by atoms with E-state index in [-0.39, 0.29) is 18.8 Å². The van der Waals surface area contributed by atoms with Gasteiger partial charge in [0.25, 0.3) is 0 Å². The summed E-state index contributed by atoms with van der Waals surface area (Å²) >= 11 is 0. The van der Waals surface area contributed by atoms with Crippen LogP contribution in [-0.4, -0.2) is 36.1 Å². The molecule has 0 unspecified atom stereocenters. The Hall–Kier alpha value is -1.59. The number of aliphatic carboxylic acids is 1. The van der Waals surface area contributed by atoms with E-state index in [2.05, 4.69) is 10.1 Å². The number of carboxylic acid groups (broad SMARTS) is 1. The van der Waals surface area contributed by atoms with Crippen molar-refractivity contribution in [2.45, 2.75) is 39.2 Å². The molecular formula is C11H19NO5. The minimum Gasteiger partial charge on any atom is -0.481 e. The van der Waals surface area contributed by atoms with Gasteiger partial charge < -0.3 is 15.2 Å². The molecule has 0 bridgehead atoms. The molecule has 6 heteroatoms. The zero-order valence-electron chi connectivity index (χ0n) is 10.4. The molecule has 0 aromatic heterocycles.